The lowest BCUT2D eigenvalue weighted by Gasteiger charge is -2.09. The van der Waals surface area contributed by atoms with Crippen LogP contribution in [0.2, 0.25) is 0 Å². The minimum atomic E-state index is 1.01. The summed E-state index contributed by atoms with van der Waals surface area (Å²) in [6.07, 6.45) is 1.95. The minimum Gasteiger partial charge on any atom is -0.256 e. The Morgan fingerprint density at radius 3 is 2.09 bits per heavy atom. The molecule has 0 amide bonds. The molecule has 3 heterocycles. The molecule has 4 aromatic carbocycles. The summed E-state index contributed by atoms with van der Waals surface area (Å²) in [4.78, 5) is 4.69. The number of rotatable bonds is 2. The van der Waals surface area contributed by atoms with E-state index in [-0.39, 0.29) is 0 Å². The molecule has 0 aliphatic carbocycles. The van der Waals surface area contributed by atoms with Crippen LogP contribution in [-0.4, -0.2) is 4.98 Å². The Labute approximate surface area is 193 Å². The average molecular weight is 444 g/mol. The molecule has 7 aromatic rings. The van der Waals surface area contributed by atoms with Crippen LogP contribution in [0.4, 0.5) is 0 Å². The van der Waals surface area contributed by atoms with Crippen molar-refractivity contribution in [2.24, 2.45) is 0 Å². The summed E-state index contributed by atoms with van der Waals surface area (Å²) in [5.41, 5.74) is 4.71. The van der Waals surface area contributed by atoms with Gasteiger partial charge in [-0.1, -0.05) is 66.7 Å². The quantitative estimate of drug-likeness (QED) is 0.259. The first-order valence-electron chi connectivity index (χ1n) is 10.6. The molecule has 0 saturated heterocycles. The van der Waals surface area contributed by atoms with E-state index in [1.165, 1.54) is 51.5 Å². The van der Waals surface area contributed by atoms with Gasteiger partial charge in [0, 0.05) is 57.7 Å². The van der Waals surface area contributed by atoms with Crippen molar-refractivity contribution in [2.45, 2.75) is 0 Å². The lowest BCUT2D eigenvalue weighted by atomic mass is 9.96. The Morgan fingerprint density at radius 2 is 1.25 bits per heavy atom. The van der Waals surface area contributed by atoms with Crippen LogP contribution in [0, 0.1) is 0 Å². The minimum absolute atomic E-state index is 1.01. The van der Waals surface area contributed by atoms with E-state index in [0.29, 0.717) is 0 Å². The molecule has 3 aromatic heterocycles. The first kappa shape index (κ1) is 18.1. The zero-order chi connectivity index (χ0) is 21.1. The molecule has 0 spiro atoms. The number of fused-ring (bicyclic) bond motifs is 6. The van der Waals surface area contributed by atoms with Gasteiger partial charge in [-0.05, 0) is 35.9 Å². The highest BCUT2D eigenvalue weighted by Gasteiger charge is 2.18. The number of hydrogen-bond donors (Lipinski definition) is 0. The van der Waals surface area contributed by atoms with E-state index in [9.17, 15) is 0 Å². The van der Waals surface area contributed by atoms with Gasteiger partial charge >= 0.3 is 0 Å². The fraction of sp³-hybridized carbons (Fsp3) is 0. The molecule has 0 unspecified atom stereocenters. The number of nitrogens with zero attached hydrogens (tertiary/aromatic N) is 1. The Kier molecular flexibility index (Phi) is 3.95. The van der Waals surface area contributed by atoms with Crippen molar-refractivity contribution in [3.05, 3.63) is 103 Å². The second-order valence-corrected chi connectivity index (χ2v) is 10.1. The molecule has 3 heteroatoms. The summed E-state index contributed by atoms with van der Waals surface area (Å²) in [7, 11) is 0. The number of aromatic nitrogens is 1. The van der Waals surface area contributed by atoms with E-state index in [4.69, 9.17) is 4.98 Å². The van der Waals surface area contributed by atoms with Crippen LogP contribution in [-0.2, 0) is 0 Å². The molecular weight excluding hydrogens is 426 g/mol. The summed E-state index contributed by atoms with van der Waals surface area (Å²) in [5.74, 6) is 0. The summed E-state index contributed by atoms with van der Waals surface area (Å²) in [6.45, 7) is 0. The largest absolute Gasteiger partial charge is 0.256 e. The Morgan fingerprint density at radius 1 is 0.531 bits per heavy atom. The molecule has 0 fully saturated rings. The molecule has 0 N–H and O–H groups in total. The van der Waals surface area contributed by atoms with E-state index >= 15 is 0 Å². The first-order valence-corrected chi connectivity index (χ1v) is 12.3. The Hall–Kier alpha value is -3.53. The van der Waals surface area contributed by atoms with Gasteiger partial charge in [0.15, 0.2) is 0 Å². The second kappa shape index (κ2) is 6.99. The molecule has 0 bridgehead atoms. The maximum atomic E-state index is 4.69. The van der Waals surface area contributed by atoms with Crippen molar-refractivity contribution in [3.63, 3.8) is 0 Å². The number of thiophene rings is 2. The van der Waals surface area contributed by atoms with Gasteiger partial charge in [0.25, 0.3) is 0 Å². The van der Waals surface area contributed by atoms with E-state index in [0.717, 1.165) is 11.3 Å². The standard InChI is InChI=1S/C29H17NS2/c1-2-8-18(9-3-1)23-16-19(14-15-30-23)27-28-21-11-5-7-13-25(21)31-26(28)17-22-20-10-4-6-12-24(20)32-29(22)27/h1-17H. The van der Waals surface area contributed by atoms with Crippen molar-refractivity contribution in [2.75, 3.05) is 0 Å². The van der Waals surface area contributed by atoms with E-state index < -0.39 is 0 Å². The van der Waals surface area contributed by atoms with Crippen molar-refractivity contribution in [1.29, 1.82) is 0 Å². The van der Waals surface area contributed by atoms with Crippen molar-refractivity contribution in [3.8, 4) is 22.4 Å². The van der Waals surface area contributed by atoms with Gasteiger partial charge in [-0.3, -0.25) is 4.98 Å². The molecule has 0 aliphatic rings. The summed E-state index contributed by atoms with van der Waals surface area (Å²) >= 11 is 3.78. The summed E-state index contributed by atoms with van der Waals surface area (Å²) < 4.78 is 5.37. The normalized spacial score (nSPS) is 11.8. The number of pyridine rings is 1. The first-order chi connectivity index (χ1) is 15.9. The predicted octanol–water partition coefficient (Wildman–Crippen LogP) is 9.15. The van der Waals surface area contributed by atoms with Crippen molar-refractivity contribution >= 4 is 63.0 Å². The zero-order valence-corrected chi connectivity index (χ0v) is 18.7. The van der Waals surface area contributed by atoms with Crippen LogP contribution in [0.15, 0.2) is 103 Å². The fourth-order valence-corrected chi connectivity index (χ4v) is 7.10. The van der Waals surface area contributed by atoms with Crippen LogP contribution >= 0.6 is 22.7 Å². The van der Waals surface area contributed by atoms with Crippen LogP contribution in [0.5, 0.6) is 0 Å². The van der Waals surface area contributed by atoms with Gasteiger partial charge in [0.2, 0.25) is 0 Å². The van der Waals surface area contributed by atoms with Crippen molar-refractivity contribution in [1.82, 2.24) is 4.98 Å². The smallest absolute Gasteiger partial charge is 0.0708 e. The molecule has 150 valence electrons. The molecule has 32 heavy (non-hydrogen) atoms. The third kappa shape index (κ3) is 2.65. The molecule has 1 nitrogen and oxygen atoms in total. The van der Waals surface area contributed by atoms with E-state index in [1.807, 2.05) is 34.9 Å². The average Bonchev–Trinajstić information content (AvgIpc) is 3.41. The van der Waals surface area contributed by atoms with Crippen LogP contribution in [0.3, 0.4) is 0 Å². The maximum absolute atomic E-state index is 4.69. The van der Waals surface area contributed by atoms with Gasteiger partial charge < -0.3 is 0 Å². The molecule has 0 aliphatic heterocycles. The van der Waals surface area contributed by atoms with Crippen LogP contribution < -0.4 is 0 Å². The van der Waals surface area contributed by atoms with Crippen LogP contribution in [0.1, 0.15) is 0 Å². The van der Waals surface area contributed by atoms with Crippen LogP contribution in [0.25, 0.3) is 62.7 Å². The highest BCUT2D eigenvalue weighted by molar-refractivity contribution is 7.28. The summed E-state index contributed by atoms with van der Waals surface area (Å²) in [6, 6.07) is 34.8. The number of hydrogen-bond acceptors (Lipinski definition) is 3. The topological polar surface area (TPSA) is 12.9 Å². The molecule has 0 atom stereocenters. The second-order valence-electron chi connectivity index (χ2n) is 7.99. The molecule has 7 rings (SSSR count). The van der Waals surface area contributed by atoms with Gasteiger partial charge in [-0.25, -0.2) is 0 Å². The third-order valence-electron chi connectivity index (χ3n) is 6.13. The van der Waals surface area contributed by atoms with Gasteiger partial charge in [-0.15, -0.1) is 22.7 Å². The SMILES string of the molecule is c1ccc(-c2cc(-c3c4sc5ccccc5c4cc4sc5ccccc5c34)ccn2)cc1. The zero-order valence-electron chi connectivity index (χ0n) is 17.1. The van der Waals surface area contributed by atoms with Gasteiger partial charge in [0.1, 0.15) is 0 Å². The summed E-state index contributed by atoms with van der Waals surface area (Å²) in [5, 5.41) is 5.37. The highest BCUT2D eigenvalue weighted by Crippen LogP contribution is 2.48. The van der Waals surface area contributed by atoms with E-state index in [1.54, 1.807) is 0 Å². The molecule has 0 radical (unpaired) electrons. The third-order valence-corrected chi connectivity index (χ3v) is 8.45. The Balaban J connectivity index is 1.65. The van der Waals surface area contributed by atoms with Crippen molar-refractivity contribution < 1.29 is 0 Å². The van der Waals surface area contributed by atoms with E-state index in [2.05, 4.69) is 91.0 Å². The monoisotopic (exact) mass is 443 g/mol. The highest BCUT2D eigenvalue weighted by atomic mass is 32.1. The maximum Gasteiger partial charge on any atom is 0.0708 e. The molecule has 0 saturated carbocycles. The Bertz CT molecular complexity index is 1770. The fourth-order valence-electron chi connectivity index (χ4n) is 4.69. The number of benzene rings is 4. The lowest BCUT2D eigenvalue weighted by molar-refractivity contribution is 1.33. The molecular formula is C29H17NS2. The lowest BCUT2D eigenvalue weighted by Crippen LogP contribution is -1.86. The van der Waals surface area contributed by atoms with Gasteiger partial charge in [0.05, 0.1) is 5.69 Å². The van der Waals surface area contributed by atoms with Gasteiger partial charge in [-0.2, -0.15) is 0 Å². The predicted molar refractivity (Wildman–Crippen MR) is 141 cm³/mol.